The van der Waals surface area contributed by atoms with Gasteiger partial charge in [-0.25, -0.2) is 0 Å². The van der Waals surface area contributed by atoms with Crippen molar-refractivity contribution in [3.63, 3.8) is 0 Å². The second kappa shape index (κ2) is 3.39. The van der Waals surface area contributed by atoms with E-state index in [0.29, 0.717) is 5.56 Å². The fraction of sp³-hybridized carbons (Fsp3) is 0.0833. The van der Waals surface area contributed by atoms with Crippen LogP contribution < -0.4 is 0 Å². The van der Waals surface area contributed by atoms with Gasteiger partial charge in [-0.05, 0) is 29.3 Å². The van der Waals surface area contributed by atoms with E-state index in [-0.39, 0.29) is 0 Å². The lowest BCUT2D eigenvalue weighted by atomic mass is 10.1. The molecular formula is C12H10N2. The Balaban J connectivity index is 2.39. The first kappa shape index (κ1) is 8.58. The van der Waals surface area contributed by atoms with Crippen LogP contribution in [-0.4, -0.2) is 4.57 Å². The molecule has 1 aromatic carbocycles. The maximum atomic E-state index is 8.65. The zero-order chi connectivity index (χ0) is 9.97. The summed E-state index contributed by atoms with van der Waals surface area (Å²) in [7, 11) is 1.99. The molecule has 1 aromatic heterocycles. The van der Waals surface area contributed by atoms with Gasteiger partial charge in [0.05, 0.1) is 11.6 Å². The SMILES string of the molecule is Cn1ccc(-c2ccc(C#N)cc2)c1. The third kappa shape index (κ3) is 1.53. The van der Waals surface area contributed by atoms with Crippen molar-refractivity contribution in [1.82, 2.24) is 4.57 Å². The van der Waals surface area contributed by atoms with Crippen LogP contribution in [0.15, 0.2) is 42.7 Å². The Labute approximate surface area is 83.0 Å². The molecular weight excluding hydrogens is 172 g/mol. The van der Waals surface area contributed by atoms with Gasteiger partial charge in [0.15, 0.2) is 0 Å². The highest BCUT2D eigenvalue weighted by Crippen LogP contribution is 2.19. The van der Waals surface area contributed by atoms with Crippen molar-refractivity contribution >= 4 is 0 Å². The smallest absolute Gasteiger partial charge is 0.0991 e. The fourth-order valence-corrected chi connectivity index (χ4v) is 1.41. The van der Waals surface area contributed by atoms with Crippen molar-refractivity contribution in [2.24, 2.45) is 7.05 Å². The lowest BCUT2D eigenvalue weighted by Crippen LogP contribution is -1.79. The van der Waals surface area contributed by atoms with Gasteiger partial charge < -0.3 is 4.57 Å². The van der Waals surface area contributed by atoms with Crippen molar-refractivity contribution < 1.29 is 0 Å². The molecule has 0 atom stereocenters. The molecule has 0 fully saturated rings. The van der Waals surface area contributed by atoms with Gasteiger partial charge in [0.2, 0.25) is 0 Å². The van der Waals surface area contributed by atoms with Crippen LogP contribution in [0.1, 0.15) is 5.56 Å². The van der Waals surface area contributed by atoms with Crippen LogP contribution in [0.4, 0.5) is 0 Å². The Morgan fingerprint density at radius 2 is 1.79 bits per heavy atom. The van der Waals surface area contributed by atoms with E-state index in [0.717, 1.165) is 5.56 Å². The molecule has 0 aliphatic heterocycles. The highest BCUT2D eigenvalue weighted by Gasteiger charge is 1.98. The Morgan fingerprint density at radius 3 is 2.29 bits per heavy atom. The van der Waals surface area contributed by atoms with Crippen LogP contribution >= 0.6 is 0 Å². The summed E-state index contributed by atoms with van der Waals surface area (Å²) in [6, 6.07) is 11.8. The Hall–Kier alpha value is -2.01. The van der Waals surface area contributed by atoms with Crippen molar-refractivity contribution in [3.8, 4) is 17.2 Å². The lowest BCUT2D eigenvalue weighted by Gasteiger charge is -1.96. The maximum absolute atomic E-state index is 8.65. The van der Waals surface area contributed by atoms with Crippen molar-refractivity contribution in [2.75, 3.05) is 0 Å². The van der Waals surface area contributed by atoms with Gasteiger partial charge in [-0.2, -0.15) is 5.26 Å². The average molecular weight is 182 g/mol. The highest BCUT2D eigenvalue weighted by atomic mass is 14.9. The summed E-state index contributed by atoms with van der Waals surface area (Å²) in [6.07, 6.45) is 4.06. The van der Waals surface area contributed by atoms with Crippen LogP contribution in [0.2, 0.25) is 0 Å². The molecule has 0 saturated heterocycles. The molecule has 0 aliphatic rings. The van der Waals surface area contributed by atoms with Gasteiger partial charge in [-0.15, -0.1) is 0 Å². The summed E-state index contributed by atoms with van der Waals surface area (Å²) < 4.78 is 2.01. The molecule has 0 aliphatic carbocycles. The molecule has 0 saturated carbocycles. The van der Waals surface area contributed by atoms with E-state index in [2.05, 4.69) is 18.3 Å². The molecule has 14 heavy (non-hydrogen) atoms. The van der Waals surface area contributed by atoms with E-state index < -0.39 is 0 Å². The van der Waals surface area contributed by atoms with Crippen molar-refractivity contribution in [3.05, 3.63) is 48.3 Å². The van der Waals surface area contributed by atoms with Crippen LogP contribution in [0, 0.1) is 11.3 Å². The molecule has 0 spiro atoms. The molecule has 68 valence electrons. The molecule has 2 heteroatoms. The minimum Gasteiger partial charge on any atom is -0.357 e. The predicted octanol–water partition coefficient (Wildman–Crippen LogP) is 2.56. The molecule has 0 unspecified atom stereocenters. The van der Waals surface area contributed by atoms with E-state index in [1.54, 1.807) is 0 Å². The van der Waals surface area contributed by atoms with Crippen LogP contribution in [-0.2, 0) is 7.05 Å². The number of aromatic nitrogens is 1. The normalized spacial score (nSPS) is 9.71. The topological polar surface area (TPSA) is 28.7 Å². The predicted molar refractivity (Wildman–Crippen MR) is 55.6 cm³/mol. The van der Waals surface area contributed by atoms with Crippen molar-refractivity contribution in [1.29, 1.82) is 5.26 Å². The number of aryl methyl sites for hydroxylation is 1. The zero-order valence-corrected chi connectivity index (χ0v) is 7.94. The minimum absolute atomic E-state index is 0.699. The van der Waals surface area contributed by atoms with E-state index in [9.17, 15) is 0 Å². The van der Waals surface area contributed by atoms with Crippen LogP contribution in [0.25, 0.3) is 11.1 Å². The van der Waals surface area contributed by atoms with Gasteiger partial charge in [0.1, 0.15) is 0 Å². The molecule has 0 radical (unpaired) electrons. The number of nitriles is 1. The van der Waals surface area contributed by atoms with E-state index in [1.807, 2.05) is 42.1 Å². The molecule has 0 N–H and O–H groups in total. The van der Waals surface area contributed by atoms with E-state index >= 15 is 0 Å². The quantitative estimate of drug-likeness (QED) is 0.666. The van der Waals surface area contributed by atoms with Gasteiger partial charge in [-0.3, -0.25) is 0 Å². The number of hydrogen-bond acceptors (Lipinski definition) is 1. The number of rotatable bonds is 1. The van der Waals surface area contributed by atoms with E-state index in [1.165, 1.54) is 5.56 Å². The van der Waals surface area contributed by atoms with E-state index in [4.69, 9.17) is 5.26 Å². The Bertz CT molecular complexity index is 472. The molecule has 2 aromatic rings. The first-order valence-electron chi connectivity index (χ1n) is 4.42. The third-order valence-corrected chi connectivity index (χ3v) is 2.18. The lowest BCUT2D eigenvalue weighted by molar-refractivity contribution is 0.928. The van der Waals surface area contributed by atoms with Gasteiger partial charge in [-0.1, -0.05) is 12.1 Å². The summed E-state index contributed by atoms with van der Waals surface area (Å²) >= 11 is 0. The minimum atomic E-state index is 0.699. The fourth-order valence-electron chi connectivity index (χ4n) is 1.41. The van der Waals surface area contributed by atoms with Crippen LogP contribution in [0.5, 0.6) is 0 Å². The molecule has 1 heterocycles. The number of benzene rings is 1. The number of nitrogens with zero attached hydrogens (tertiary/aromatic N) is 2. The second-order valence-corrected chi connectivity index (χ2v) is 3.25. The largest absolute Gasteiger partial charge is 0.357 e. The first-order valence-corrected chi connectivity index (χ1v) is 4.42. The van der Waals surface area contributed by atoms with Crippen molar-refractivity contribution in [2.45, 2.75) is 0 Å². The summed E-state index contributed by atoms with van der Waals surface area (Å²) in [5.74, 6) is 0. The summed E-state index contributed by atoms with van der Waals surface area (Å²) in [4.78, 5) is 0. The van der Waals surface area contributed by atoms with Gasteiger partial charge >= 0.3 is 0 Å². The van der Waals surface area contributed by atoms with Crippen LogP contribution in [0.3, 0.4) is 0 Å². The first-order chi connectivity index (χ1) is 6.79. The Morgan fingerprint density at radius 1 is 1.07 bits per heavy atom. The third-order valence-electron chi connectivity index (χ3n) is 2.18. The summed E-state index contributed by atoms with van der Waals surface area (Å²) in [6.45, 7) is 0. The average Bonchev–Trinajstić information content (AvgIpc) is 2.65. The van der Waals surface area contributed by atoms with Gasteiger partial charge in [0.25, 0.3) is 0 Å². The van der Waals surface area contributed by atoms with Gasteiger partial charge in [0, 0.05) is 19.4 Å². The summed E-state index contributed by atoms with van der Waals surface area (Å²) in [5.41, 5.74) is 3.02. The second-order valence-electron chi connectivity index (χ2n) is 3.25. The standard InChI is InChI=1S/C12H10N2/c1-14-7-6-12(9-14)11-4-2-10(8-13)3-5-11/h2-7,9H,1H3. The zero-order valence-electron chi connectivity index (χ0n) is 7.94. The molecule has 0 amide bonds. The molecule has 0 bridgehead atoms. The maximum Gasteiger partial charge on any atom is 0.0991 e. The summed E-state index contributed by atoms with van der Waals surface area (Å²) in [5, 5.41) is 8.65. The monoisotopic (exact) mass is 182 g/mol. The highest BCUT2D eigenvalue weighted by molar-refractivity contribution is 5.63. The molecule has 2 nitrogen and oxygen atoms in total. The Kier molecular flexibility index (Phi) is 2.08. The molecule has 2 rings (SSSR count). The number of hydrogen-bond donors (Lipinski definition) is 0.